The van der Waals surface area contributed by atoms with E-state index in [1.807, 2.05) is 11.8 Å². The number of likely N-dealkylation sites (tertiary alicyclic amines) is 1. The number of nitrogens with zero attached hydrogens (tertiary/aromatic N) is 1. The van der Waals surface area contributed by atoms with Gasteiger partial charge >= 0.3 is 0 Å². The summed E-state index contributed by atoms with van der Waals surface area (Å²) < 4.78 is 0. The molecule has 0 radical (unpaired) electrons. The third kappa shape index (κ3) is 4.97. The zero-order valence-corrected chi connectivity index (χ0v) is 12.6. The standard InChI is InChI=1S/C15H30N2O/c1-5-10-15(3,4)16-13(2)14(18)17-11-8-6-7-9-12-17/h13,16H,5-12H2,1-4H3. The van der Waals surface area contributed by atoms with E-state index < -0.39 is 0 Å². The Labute approximate surface area is 112 Å². The van der Waals surface area contributed by atoms with Gasteiger partial charge in [-0.2, -0.15) is 0 Å². The first kappa shape index (κ1) is 15.5. The van der Waals surface area contributed by atoms with Crippen molar-refractivity contribution in [3.63, 3.8) is 0 Å². The fourth-order valence-electron chi connectivity index (χ4n) is 2.91. The molecule has 0 aliphatic carbocycles. The van der Waals surface area contributed by atoms with Gasteiger partial charge in [-0.15, -0.1) is 0 Å². The van der Waals surface area contributed by atoms with Crippen molar-refractivity contribution in [1.82, 2.24) is 10.2 Å². The molecule has 0 bridgehead atoms. The van der Waals surface area contributed by atoms with Crippen molar-refractivity contribution >= 4 is 5.91 Å². The lowest BCUT2D eigenvalue weighted by molar-refractivity contribution is -0.133. The lowest BCUT2D eigenvalue weighted by Crippen LogP contribution is -2.52. The van der Waals surface area contributed by atoms with Gasteiger partial charge in [0.05, 0.1) is 6.04 Å². The molecule has 3 heteroatoms. The van der Waals surface area contributed by atoms with Gasteiger partial charge in [0.1, 0.15) is 0 Å². The van der Waals surface area contributed by atoms with E-state index in [1.165, 1.54) is 12.8 Å². The molecule has 18 heavy (non-hydrogen) atoms. The Hall–Kier alpha value is -0.570. The molecule has 3 nitrogen and oxygen atoms in total. The number of carbonyl (C=O) groups excluding carboxylic acids is 1. The maximum Gasteiger partial charge on any atom is 0.239 e. The highest BCUT2D eigenvalue weighted by molar-refractivity contribution is 5.81. The van der Waals surface area contributed by atoms with Gasteiger partial charge in [-0.1, -0.05) is 26.2 Å². The minimum Gasteiger partial charge on any atom is -0.341 e. The van der Waals surface area contributed by atoms with Crippen LogP contribution in [0.2, 0.25) is 0 Å². The fraction of sp³-hybridized carbons (Fsp3) is 0.933. The summed E-state index contributed by atoms with van der Waals surface area (Å²) in [6, 6.07) is -0.0651. The van der Waals surface area contributed by atoms with E-state index in [2.05, 4.69) is 26.1 Å². The summed E-state index contributed by atoms with van der Waals surface area (Å²) >= 11 is 0. The third-order valence-electron chi connectivity index (χ3n) is 3.77. The van der Waals surface area contributed by atoms with Crippen molar-refractivity contribution in [2.75, 3.05) is 13.1 Å². The van der Waals surface area contributed by atoms with Gasteiger partial charge in [-0.05, 0) is 40.0 Å². The quantitative estimate of drug-likeness (QED) is 0.818. The summed E-state index contributed by atoms with van der Waals surface area (Å²) in [4.78, 5) is 14.4. The fourth-order valence-corrected chi connectivity index (χ4v) is 2.91. The van der Waals surface area contributed by atoms with Crippen molar-refractivity contribution in [3.05, 3.63) is 0 Å². The van der Waals surface area contributed by atoms with Crippen molar-refractivity contribution in [3.8, 4) is 0 Å². The first-order chi connectivity index (χ1) is 8.46. The van der Waals surface area contributed by atoms with Crippen molar-refractivity contribution < 1.29 is 4.79 Å². The molecule has 0 aromatic heterocycles. The normalized spacial score (nSPS) is 19.4. The Kier molecular flexibility index (Phi) is 6.13. The lowest BCUT2D eigenvalue weighted by Gasteiger charge is -2.32. The minimum absolute atomic E-state index is 0.0513. The molecular weight excluding hydrogens is 224 g/mol. The highest BCUT2D eigenvalue weighted by atomic mass is 16.2. The topological polar surface area (TPSA) is 32.3 Å². The number of hydrogen-bond acceptors (Lipinski definition) is 2. The van der Waals surface area contributed by atoms with Crippen LogP contribution in [0.3, 0.4) is 0 Å². The van der Waals surface area contributed by atoms with E-state index in [-0.39, 0.29) is 17.5 Å². The van der Waals surface area contributed by atoms with E-state index >= 15 is 0 Å². The number of carbonyl (C=O) groups is 1. The van der Waals surface area contributed by atoms with Crippen molar-refractivity contribution in [1.29, 1.82) is 0 Å². The summed E-state index contributed by atoms with van der Waals surface area (Å²) in [5, 5.41) is 3.48. The van der Waals surface area contributed by atoms with E-state index in [4.69, 9.17) is 0 Å². The first-order valence-corrected chi connectivity index (χ1v) is 7.53. The molecule has 0 spiro atoms. The zero-order chi connectivity index (χ0) is 13.6. The smallest absolute Gasteiger partial charge is 0.239 e. The van der Waals surface area contributed by atoms with Gasteiger partial charge in [0.2, 0.25) is 5.91 Å². The number of nitrogens with one attached hydrogen (secondary N) is 1. The van der Waals surface area contributed by atoms with Gasteiger partial charge in [0.25, 0.3) is 0 Å². The Morgan fingerprint density at radius 3 is 2.28 bits per heavy atom. The second kappa shape index (κ2) is 7.13. The maximum atomic E-state index is 12.4. The Balaban J connectivity index is 2.49. The monoisotopic (exact) mass is 254 g/mol. The number of amides is 1. The van der Waals surface area contributed by atoms with Crippen LogP contribution in [0.1, 0.15) is 66.2 Å². The molecule has 1 aliphatic heterocycles. The summed E-state index contributed by atoms with van der Waals surface area (Å²) in [5.74, 6) is 0.279. The van der Waals surface area contributed by atoms with Gasteiger partial charge in [-0.25, -0.2) is 0 Å². The molecule has 1 aliphatic rings. The van der Waals surface area contributed by atoms with Crippen LogP contribution in [0, 0.1) is 0 Å². The molecule has 1 fully saturated rings. The molecule has 1 rings (SSSR count). The predicted octanol–water partition coefficient (Wildman–Crippen LogP) is 2.95. The van der Waals surface area contributed by atoms with E-state index in [9.17, 15) is 4.79 Å². The molecule has 1 N–H and O–H groups in total. The van der Waals surface area contributed by atoms with Gasteiger partial charge in [-0.3, -0.25) is 4.79 Å². The Morgan fingerprint density at radius 2 is 1.78 bits per heavy atom. The van der Waals surface area contributed by atoms with Crippen LogP contribution in [-0.4, -0.2) is 35.5 Å². The van der Waals surface area contributed by atoms with E-state index in [0.29, 0.717) is 0 Å². The van der Waals surface area contributed by atoms with Crippen molar-refractivity contribution in [2.24, 2.45) is 0 Å². The second-order valence-corrected chi connectivity index (χ2v) is 6.24. The van der Waals surface area contributed by atoms with Gasteiger partial charge < -0.3 is 10.2 Å². The van der Waals surface area contributed by atoms with Gasteiger partial charge in [0.15, 0.2) is 0 Å². The molecule has 106 valence electrons. The first-order valence-electron chi connectivity index (χ1n) is 7.53. The second-order valence-electron chi connectivity index (χ2n) is 6.24. The third-order valence-corrected chi connectivity index (χ3v) is 3.77. The molecule has 0 saturated carbocycles. The highest BCUT2D eigenvalue weighted by Crippen LogP contribution is 2.14. The van der Waals surface area contributed by atoms with Crippen LogP contribution in [0.5, 0.6) is 0 Å². The van der Waals surface area contributed by atoms with Crippen LogP contribution >= 0.6 is 0 Å². The van der Waals surface area contributed by atoms with Crippen molar-refractivity contribution in [2.45, 2.75) is 77.8 Å². The SMILES string of the molecule is CCCC(C)(C)NC(C)C(=O)N1CCCCCC1. The van der Waals surface area contributed by atoms with E-state index in [1.54, 1.807) is 0 Å². The van der Waals surface area contributed by atoms with Crippen LogP contribution in [0.4, 0.5) is 0 Å². The molecular formula is C15H30N2O. The molecule has 1 heterocycles. The summed E-state index contributed by atoms with van der Waals surface area (Å²) in [7, 11) is 0. The Morgan fingerprint density at radius 1 is 1.22 bits per heavy atom. The maximum absolute atomic E-state index is 12.4. The van der Waals surface area contributed by atoms with Crippen LogP contribution in [0.15, 0.2) is 0 Å². The molecule has 0 aromatic carbocycles. The molecule has 1 saturated heterocycles. The average Bonchev–Trinajstić information content (AvgIpc) is 2.55. The highest BCUT2D eigenvalue weighted by Gasteiger charge is 2.26. The van der Waals surface area contributed by atoms with Crippen LogP contribution in [0.25, 0.3) is 0 Å². The number of rotatable bonds is 5. The summed E-state index contributed by atoms with van der Waals surface area (Å²) in [5.41, 5.74) is 0.0513. The molecule has 0 aromatic rings. The average molecular weight is 254 g/mol. The van der Waals surface area contributed by atoms with E-state index in [0.717, 1.165) is 38.8 Å². The largest absolute Gasteiger partial charge is 0.341 e. The van der Waals surface area contributed by atoms with Gasteiger partial charge in [0, 0.05) is 18.6 Å². The molecule has 1 atom stereocenters. The lowest BCUT2D eigenvalue weighted by atomic mass is 9.97. The Bertz CT molecular complexity index is 255. The molecule has 1 amide bonds. The predicted molar refractivity (Wildman–Crippen MR) is 76.6 cm³/mol. The number of hydrogen-bond donors (Lipinski definition) is 1. The minimum atomic E-state index is -0.0651. The van der Waals surface area contributed by atoms with Crippen LogP contribution in [-0.2, 0) is 4.79 Å². The zero-order valence-electron chi connectivity index (χ0n) is 12.6. The summed E-state index contributed by atoms with van der Waals surface area (Å²) in [6.45, 7) is 10.4. The van der Waals surface area contributed by atoms with Crippen LogP contribution < -0.4 is 5.32 Å². The molecule has 1 unspecified atom stereocenters. The summed E-state index contributed by atoms with van der Waals surface area (Å²) in [6.07, 6.45) is 7.11.